The van der Waals surface area contributed by atoms with Crippen LogP contribution in [0.15, 0.2) is 72.9 Å². The number of esters is 1. The Hall–Kier alpha value is -3.77. The molecule has 1 aromatic heterocycles. The minimum Gasteiger partial charge on any atom is -0.507 e. The maximum atomic E-state index is 12.2. The molecule has 0 aliphatic heterocycles. The second-order valence-corrected chi connectivity index (χ2v) is 9.19. The number of hydrogen-bond acceptors (Lipinski definition) is 5. The number of aliphatic hydroxyl groups is 1. The number of aromatic nitrogens is 1. The van der Waals surface area contributed by atoms with E-state index in [1.54, 1.807) is 36.4 Å². The van der Waals surface area contributed by atoms with E-state index in [4.69, 9.17) is 4.74 Å². The molecule has 4 rings (SSSR count). The molecule has 1 atom stereocenters. The zero-order chi connectivity index (χ0) is 25.5. The number of nitrogens with zero attached hydrogens (tertiary/aromatic N) is 1. The zero-order valence-electron chi connectivity index (χ0n) is 20.6. The molecular weight excluding hydrogens is 454 g/mol. The first kappa shape index (κ1) is 25.3. The summed E-state index contributed by atoms with van der Waals surface area (Å²) < 4.78 is 7.25. The molecule has 1 heterocycles. The predicted octanol–water partition coefficient (Wildman–Crippen LogP) is 5.59. The number of rotatable bonds is 11. The van der Waals surface area contributed by atoms with Crippen molar-refractivity contribution in [2.24, 2.45) is 0 Å². The topological polar surface area (TPSA) is 91.9 Å². The summed E-state index contributed by atoms with van der Waals surface area (Å²) in [5.74, 6) is -0.316. The first-order valence-corrected chi connectivity index (χ1v) is 12.5. The fraction of sp³-hybridized carbons (Fsp3) is 0.300. The van der Waals surface area contributed by atoms with Crippen molar-refractivity contribution in [3.05, 3.63) is 95.2 Å². The van der Waals surface area contributed by atoms with Crippen molar-refractivity contribution in [2.75, 3.05) is 6.61 Å². The molecular formula is C30H33NO5. The molecule has 0 saturated carbocycles. The second kappa shape index (κ2) is 11.8. The molecule has 0 spiro atoms. The van der Waals surface area contributed by atoms with Crippen LogP contribution in [0.1, 0.15) is 53.2 Å². The highest BCUT2D eigenvalue weighted by Crippen LogP contribution is 2.32. The Morgan fingerprint density at radius 2 is 1.67 bits per heavy atom. The van der Waals surface area contributed by atoms with Crippen LogP contribution in [0.4, 0.5) is 0 Å². The first-order chi connectivity index (χ1) is 17.5. The number of fused-ring (bicyclic) bond motifs is 1. The Balaban J connectivity index is 1.49. The molecule has 0 saturated heterocycles. The third-order valence-electron chi connectivity index (χ3n) is 6.40. The van der Waals surface area contributed by atoms with Gasteiger partial charge in [-0.25, -0.2) is 4.79 Å². The molecule has 3 aromatic carbocycles. The summed E-state index contributed by atoms with van der Waals surface area (Å²) in [6.45, 7) is 2.31. The molecule has 0 bridgehead atoms. The fourth-order valence-corrected chi connectivity index (χ4v) is 4.51. The lowest BCUT2D eigenvalue weighted by Crippen LogP contribution is -2.20. The highest BCUT2D eigenvalue weighted by Gasteiger charge is 2.17. The van der Waals surface area contributed by atoms with Gasteiger partial charge >= 0.3 is 5.97 Å². The lowest BCUT2D eigenvalue weighted by atomic mass is 10.0. The lowest BCUT2D eigenvalue weighted by Gasteiger charge is -2.12. The van der Waals surface area contributed by atoms with Crippen LogP contribution in [0.2, 0.25) is 0 Å². The summed E-state index contributed by atoms with van der Waals surface area (Å²) in [5, 5.41) is 32.9. The third kappa shape index (κ3) is 6.07. The zero-order valence-corrected chi connectivity index (χ0v) is 20.6. The Bertz CT molecular complexity index is 1290. The van der Waals surface area contributed by atoms with E-state index < -0.39 is 12.1 Å². The predicted molar refractivity (Wildman–Crippen MR) is 140 cm³/mol. The van der Waals surface area contributed by atoms with E-state index in [1.165, 1.54) is 0 Å². The van der Waals surface area contributed by atoms with Crippen molar-refractivity contribution in [3.8, 4) is 11.5 Å². The van der Waals surface area contributed by atoms with Crippen LogP contribution in [0.3, 0.4) is 0 Å². The SMILES string of the molecule is CCCCCc1cc(O)c(Cn2cc(C[C@H](O)COC(=O)c3ccccc3)c3ccccc32)c(O)c1. The van der Waals surface area contributed by atoms with Crippen LogP contribution in [0.25, 0.3) is 10.9 Å². The van der Waals surface area contributed by atoms with Crippen LogP contribution in [0.5, 0.6) is 11.5 Å². The number of aryl methyl sites for hydroxylation is 1. The van der Waals surface area contributed by atoms with Gasteiger partial charge in [-0.3, -0.25) is 0 Å². The summed E-state index contributed by atoms with van der Waals surface area (Å²) in [5.41, 5.74) is 3.64. The second-order valence-electron chi connectivity index (χ2n) is 9.19. The lowest BCUT2D eigenvalue weighted by molar-refractivity contribution is 0.0259. The van der Waals surface area contributed by atoms with Crippen molar-refractivity contribution >= 4 is 16.9 Å². The van der Waals surface area contributed by atoms with Crippen LogP contribution < -0.4 is 0 Å². The summed E-state index contributed by atoms with van der Waals surface area (Å²) in [7, 11) is 0. The molecule has 0 fully saturated rings. The van der Waals surface area contributed by atoms with Gasteiger partial charge in [0.1, 0.15) is 18.1 Å². The number of para-hydroxylation sites is 1. The molecule has 0 aliphatic carbocycles. The number of hydrogen-bond donors (Lipinski definition) is 3. The van der Waals surface area contributed by atoms with Crippen molar-refractivity contribution in [1.82, 2.24) is 4.57 Å². The molecule has 6 heteroatoms. The molecule has 188 valence electrons. The summed E-state index contributed by atoms with van der Waals surface area (Å²) in [4.78, 5) is 12.2. The Morgan fingerprint density at radius 3 is 2.39 bits per heavy atom. The molecule has 0 unspecified atom stereocenters. The van der Waals surface area contributed by atoms with Gasteiger partial charge in [-0.2, -0.15) is 0 Å². The molecule has 0 aliphatic rings. The molecule has 0 radical (unpaired) electrons. The van der Waals surface area contributed by atoms with Gasteiger partial charge in [0.05, 0.1) is 23.8 Å². The number of carbonyl (C=O) groups excluding carboxylic acids is 1. The molecule has 3 N–H and O–H groups in total. The summed E-state index contributed by atoms with van der Waals surface area (Å²) >= 11 is 0. The number of benzene rings is 3. The molecule has 36 heavy (non-hydrogen) atoms. The summed E-state index contributed by atoms with van der Waals surface area (Å²) in [6.07, 6.45) is 5.40. The van der Waals surface area contributed by atoms with Gasteiger partial charge in [-0.05, 0) is 54.3 Å². The fourth-order valence-electron chi connectivity index (χ4n) is 4.51. The number of phenols is 2. The van der Waals surface area contributed by atoms with Crippen molar-refractivity contribution < 1.29 is 24.9 Å². The van der Waals surface area contributed by atoms with E-state index in [0.717, 1.165) is 47.7 Å². The quantitative estimate of drug-likeness (QED) is 0.189. The normalized spacial score (nSPS) is 12.1. The van der Waals surface area contributed by atoms with Crippen molar-refractivity contribution in [1.29, 1.82) is 0 Å². The van der Waals surface area contributed by atoms with Crippen molar-refractivity contribution in [3.63, 3.8) is 0 Å². The molecule has 4 aromatic rings. The van der Waals surface area contributed by atoms with Crippen LogP contribution in [-0.2, 0) is 24.1 Å². The number of unbranched alkanes of at least 4 members (excludes halogenated alkanes) is 2. The van der Waals surface area contributed by atoms with E-state index in [0.29, 0.717) is 17.5 Å². The van der Waals surface area contributed by atoms with Crippen molar-refractivity contribution in [2.45, 2.75) is 51.7 Å². The third-order valence-corrected chi connectivity index (χ3v) is 6.40. The van der Waals surface area contributed by atoms with E-state index in [9.17, 15) is 20.1 Å². The largest absolute Gasteiger partial charge is 0.507 e. The minimum absolute atomic E-state index is 0.0775. The van der Waals surface area contributed by atoms with Gasteiger partial charge in [0.2, 0.25) is 0 Å². The van der Waals surface area contributed by atoms with Gasteiger partial charge in [0.25, 0.3) is 0 Å². The van der Waals surface area contributed by atoms with Crippen LogP contribution in [0, 0.1) is 0 Å². The average Bonchev–Trinajstić information content (AvgIpc) is 3.22. The maximum Gasteiger partial charge on any atom is 0.338 e. The number of phenolic OH excluding ortho intramolecular Hbond substituents is 2. The summed E-state index contributed by atoms with van der Waals surface area (Å²) in [6, 6.07) is 20.0. The highest BCUT2D eigenvalue weighted by molar-refractivity contribution is 5.89. The van der Waals surface area contributed by atoms with Gasteiger partial charge < -0.3 is 24.6 Å². The smallest absolute Gasteiger partial charge is 0.338 e. The number of aliphatic hydroxyl groups excluding tert-OH is 1. The number of aromatic hydroxyl groups is 2. The van der Waals surface area contributed by atoms with Gasteiger partial charge in [0, 0.05) is 23.5 Å². The van der Waals surface area contributed by atoms with Gasteiger partial charge in [0.15, 0.2) is 0 Å². The van der Waals surface area contributed by atoms with Gasteiger partial charge in [-0.15, -0.1) is 0 Å². The highest BCUT2D eigenvalue weighted by atomic mass is 16.5. The van der Waals surface area contributed by atoms with Crippen LogP contribution >= 0.6 is 0 Å². The van der Waals surface area contributed by atoms with E-state index in [2.05, 4.69) is 6.92 Å². The van der Waals surface area contributed by atoms with Crippen LogP contribution in [-0.4, -0.2) is 38.6 Å². The molecule has 6 nitrogen and oxygen atoms in total. The van der Waals surface area contributed by atoms with E-state index in [1.807, 2.05) is 41.1 Å². The Labute approximate surface area is 211 Å². The van der Waals surface area contributed by atoms with E-state index >= 15 is 0 Å². The standard InChI is InChI=1S/C30H33NO5/c1-2-3-5-10-21-15-28(33)26(29(34)16-21)19-31-18-23(25-13-8-9-14-27(25)31)17-24(32)20-36-30(35)22-11-6-4-7-12-22/h4,6-9,11-16,18,24,32-34H,2-3,5,10,17,19-20H2,1H3/t24-/m0/s1. The monoisotopic (exact) mass is 487 g/mol. The first-order valence-electron chi connectivity index (χ1n) is 12.5. The number of ether oxygens (including phenoxy) is 1. The minimum atomic E-state index is -0.874. The van der Waals surface area contributed by atoms with Gasteiger partial charge in [-0.1, -0.05) is 56.2 Å². The van der Waals surface area contributed by atoms with E-state index in [-0.39, 0.29) is 24.7 Å². The average molecular weight is 488 g/mol. The Morgan fingerprint density at radius 1 is 0.972 bits per heavy atom. The Kier molecular flexibility index (Phi) is 8.28. The maximum absolute atomic E-state index is 12.2. The molecule has 0 amide bonds. The number of carbonyl (C=O) groups is 1.